The molecular weight excluding hydrogens is 354 g/mol. The first-order chi connectivity index (χ1) is 12.3. The molecule has 2 aromatic heterocycles. The number of aryl methyl sites for hydroxylation is 2. The minimum Gasteiger partial charge on any atom is -0.305 e. The molecular formula is C18H18ClN5O2. The zero-order valence-electron chi connectivity index (χ0n) is 14.6. The van der Waals surface area contributed by atoms with Gasteiger partial charge in [-0.05, 0) is 44.0 Å². The highest BCUT2D eigenvalue weighted by Crippen LogP contribution is 2.26. The first kappa shape index (κ1) is 17.8. The Kier molecular flexibility index (Phi) is 4.56. The van der Waals surface area contributed by atoms with Gasteiger partial charge in [0.25, 0.3) is 11.5 Å². The lowest BCUT2D eigenvalue weighted by Crippen LogP contribution is -2.20. The molecule has 1 aromatic carbocycles. The van der Waals surface area contributed by atoms with E-state index in [0.717, 1.165) is 11.1 Å². The number of hydrogen-bond donors (Lipinski definition) is 2. The summed E-state index contributed by atoms with van der Waals surface area (Å²) in [7, 11) is 0. The Morgan fingerprint density at radius 3 is 2.62 bits per heavy atom. The Morgan fingerprint density at radius 1 is 1.31 bits per heavy atom. The Hall–Kier alpha value is -3.06. The molecule has 7 nitrogen and oxygen atoms in total. The molecule has 0 aliphatic rings. The van der Waals surface area contributed by atoms with E-state index in [9.17, 15) is 9.59 Å². The van der Waals surface area contributed by atoms with Gasteiger partial charge < -0.3 is 5.32 Å². The van der Waals surface area contributed by atoms with Crippen LogP contribution in [0.25, 0.3) is 11.4 Å². The van der Waals surface area contributed by atoms with Crippen molar-refractivity contribution in [2.75, 3.05) is 5.32 Å². The number of aromatic amines is 1. The van der Waals surface area contributed by atoms with Crippen molar-refractivity contribution in [2.24, 2.45) is 0 Å². The normalized spacial score (nSPS) is 10.8. The number of amides is 1. The Balaban J connectivity index is 2.25. The highest BCUT2D eigenvalue weighted by atomic mass is 35.5. The quantitative estimate of drug-likeness (QED) is 0.691. The van der Waals surface area contributed by atoms with Crippen LogP contribution in [0.3, 0.4) is 0 Å². The van der Waals surface area contributed by atoms with Crippen molar-refractivity contribution >= 4 is 23.3 Å². The third-order valence-electron chi connectivity index (χ3n) is 3.85. The van der Waals surface area contributed by atoms with E-state index in [1.165, 1.54) is 9.36 Å². The number of nitrogens with zero attached hydrogens (tertiary/aromatic N) is 3. The van der Waals surface area contributed by atoms with Gasteiger partial charge in [0.15, 0.2) is 11.5 Å². The summed E-state index contributed by atoms with van der Waals surface area (Å²) < 4.78 is 2.70. The number of rotatable bonds is 4. The maximum Gasteiger partial charge on any atom is 0.299 e. The summed E-state index contributed by atoms with van der Waals surface area (Å²) in [4.78, 5) is 25.1. The number of hydrogen-bond acceptors (Lipinski definition) is 3. The largest absolute Gasteiger partial charge is 0.305 e. The number of H-pyrrole nitrogens is 1. The van der Waals surface area contributed by atoms with Crippen molar-refractivity contribution in [3.05, 3.63) is 69.2 Å². The summed E-state index contributed by atoms with van der Waals surface area (Å²) in [5.74, 6) is -0.193. The molecule has 0 bridgehead atoms. The molecule has 0 atom stereocenters. The van der Waals surface area contributed by atoms with E-state index in [2.05, 4.69) is 22.1 Å². The number of benzene rings is 1. The lowest BCUT2D eigenvalue weighted by Gasteiger charge is -2.10. The van der Waals surface area contributed by atoms with Gasteiger partial charge in [-0.25, -0.2) is 9.36 Å². The fourth-order valence-electron chi connectivity index (χ4n) is 2.70. The second-order valence-corrected chi connectivity index (χ2v) is 6.48. The molecule has 0 saturated carbocycles. The molecule has 0 aliphatic carbocycles. The molecule has 0 fully saturated rings. The van der Waals surface area contributed by atoms with Gasteiger partial charge in [-0.1, -0.05) is 24.2 Å². The van der Waals surface area contributed by atoms with Crippen molar-refractivity contribution in [1.29, 1.82) is 0 Å². The molecule has 134 valence electrons. The number of carbonyl (C=O) groups excluding carboxylic acids is 1. The van der Waals surface area contributed by atoms with Crippen molar-refractivity contribution < 1.29 is 4.79 Å². The maximum absolute atomic E-state index is 13.1. The van der Waals surface area contributed by atoms with Crippen LogP contribution in [-0.4, -0.2) is 25.5 Å². The predicted octanol–water partition coefficient (Wildman–Crippen LogP) is 3.14. The topological polar surface area (TPSA) is 84.7 Å². The van der Waals surface area contributed by atoms with E-state index in [0.29, 0.717) is 16.3 Å². The Bertz CT molecular complexity index is 1040. The van der Waals surface area contributed by atoms with Crippen LogP contribution in [0.15, 0.2) is 47.5 Å². The number of aromatic nitrogens is 4. The van der Waals surface area contributed by atoms with Gasteiger partial charge in [-0.2, -0.15) is 5.10 Å². The van der Waals surface area contributed by atoms with Gasteiger partial charge >= 0.3 is 0 Å². The molecule has 0 unspecified atom stereocenters. The first-order valence-electron chi connectivity index (χ1n) is 7.88. The van der Waals surface area contributed by atoms with E-state index in [4.69, 9.17) is 11.6 Å². The van der Waals surface area contributed by atoms with Gasteiger partial charge in [0.2, 0.25) is 0 Å². The van der Waals surface area contributed by atoms with Crippen LogP contribution in [0.4, 0.5) is 5.82 Å². The lowest BCUT2D eigenvalue weighted by atomic mass is 10.1. The molecule has 3 rings (SSSR count). The van der Waals surface area contributed by atoms with Crippen LogP contribution in [0.2, 0.25) is 5.02 Å². The third kappa shape index (κ3) is 3.09. The molecule has 2 heterocycles. The average Bonchev–Trinajstić information content (AvgIpc) is 3.15. The number of carbonyl (C=O) groups is 1. The van der Waals surface area contributed by atoms with E-state index < -0.39 is 5.91 Å². The maximum atomic E-state index is 13.1. The van der Waals surface area contributed by atoms with E-state index in [1.54, 1.807) is 31.5 Å². The highest BCUT2D eigenvalue weighted by Gasteiger charge is 2.21. The standard InChI is InChI=1S/C18H18ClN5O2/c1-10(2)17(25)21-16-15(23-7-5-6-20-23)18(26)24(22-16)14-12(4)8-11(3)9-13(14)19/h5-9,22H,1H2,2-4H3,(H,21,25). The van der Waals surface area contributed by atoms with E-state index in [1.807, 2.05) is 19.9 Å². The Morgan fingerprint density at radius 2 is 2.04 bits per heavy atom. The molecule has 0 radical (unpaired) electrons. The summed E-state index contributed by atoms with van der Waals surface area (Å²) in [6, 6.07) is 5.39. The fraction of sp³-hybridized carbons (Fsp3) is 0.167. The highest BCUT2D eigenvalue weighted by molar-refractivity contribution is 6.32. The average molecular weight is 372 g/mol. The minimum absolute atomic E-state index is 0.181. The molecule has 3 aromatic rings. The van der Waals surface area contributed by atoms with Gasteiger partial charge in [-0.15, -0.1) is 0 Å². The van der Waals surface area contributed by atoms with Crippen LogP contribution >= 0.6 is 11.6 Å². The Labute approximate surface area is 154 Å². The van der Waals surface area contributed by atoms with Gasteiger partial charge in [-0.3, -0.25) is 14.7 Å². The summed E-state index contributed by atoms with van der Waals surface area (Å²) >= 11 is 6.38. The zero-order chi connectivity index (χ0) is 19.0. The lowest BCUT2D eigenvalue weighted by molar-refractivity contribution is -0.112. The van der Waals surface area contributed by atoms with Crippen LogP contribution in [-0.2, 0) is 4.79 Å². The first-order valence-corrected chi connectivity index (χ1v) is 8.26. The van der Waals surface area contributed by atoms with E-state index in [-0.39, 0.29) is 17.1 Å². The molecule has 0 saturated heterocycles. The van der Waals surface area contributed by atoms with Gasteiger partial charge in [0.05, 0.1) is 10.7 Å². The number of halogens is 1. The van der Waals surface area contributed by atoms with Crippen LogP contribution in [0.5, 0.6) is 0 Å². The van der Waals surface area contributed by atoms with Gasteiger partial charge in [0, 0.05) is 18.0 Å². The molecule has 0 aliphatic heterocycles. The molecule has 2 N–H and O–H groups in total. The van der Waals surface area contributed by atoms with Gasteiger partial charge in [0.1, 0.15) is 0 Å². The van der Waals surface area contributed by atoms with Crippen LogP contribution in [0.1, 0.15) is 18.1 Å². The minimum atomic E-state index is -0.404. The van der Waals surface area contributed by atoms with Crippen LogP contribution in [0, 0.1) is 13.8 Å². The molecule has 0 spiro atoms. The second kappa shape index (κ2) is 6.68. The monoisotopic (exact) mass is 371 g/mol. The number of anilines is 1. The van der Waals surface area contributed by atoms with Crippen molar-refractivity contribution in [3.63, 3.8) is 0 Å². The molecule has 26 heavy (non-hydrogen) atoms. The van der Waals surface area contributed by atoms with Crippen LogP contribution < -0.4 is 10.9 Å². The van der Waals surface area contributed by atoms with Crippen molar-refractivity contribution in [2.45, 2.75) is 20.8 Å². The summed E-state index contributed by atoms with van der Waals surface area (Å²) in [6.45, 7) is 8.98. The molecule has 1 amide bonds. The van der Waals surface area contributed by atoms with E-state index >= 15 is 0 Å². The predicted molar refractivity (Wildman–Crippen MR) is 101 cm³/mol. The van der Waals surface area contributed by atoms with Crippen molar-refractivity contribution in [3.8, 4) is 11.4 Å². The zero-order valence-corrected chi connectivity index (χ0v) is 15.4. The fourth-order valence-corrected chi connectivity index (χ4v) is 3.10. The summed E-state index contributed by atoms with van der Waals surface area (Å²) in [5.41, 5.74) is 2.43. The smallest absolute Gasteiger partial charge is 0.299 e. The molecule has 8 heteroatoms. The number of nitrogens with one attached hydrogen (secondary N) is 2. The SMILES string of the molecule is C=C(C)C(=O)Nc1[nH]n(-c2c(C)cc(C)cc2Cl)c(=O)c1-n1cccn1. The summed E-state index contributed by atoms with van der Waals surface area (Å²) in [5, 5.41) is 10.1. The third-order valence-corrected chi connectivity index (χ3v) is 4.14. The van der Waals surface area contributed by atoms with Crippen molar-refractivity contribution in [1.82, 2.24) is 19.6 Å². The summed E-state index contributed by atoms with van der Waals surface area (Å²) in [6.07, 6.45) is 3.17. The second-order valence-electron chi connectivity index (χ2n) is 6.07.